The van der Waals surface area contributed by atoms with Crippen LogP contribution in [0.25, 0.3) is 0 Å². The molecule has 2 N–H and O–H groups in total. The van der Waals surface area contributed by atoms with Crippen LogP contribution in [0.2, 0.25) is 0 Å². The summed E-state index contributed by atoms with van der Waals surface area (Å²) < 4.78 is 0. The highest BCUT2D eigenvalue weighted by molar-refractivity contribution is 5.63. The quantitative estimate of drug-likeness (QED) is 0.551. The fourth-order valence-corrected chi connectivity index (χ4v) is 2.05. The zero-order valence-corrected chi connectivity index (χ0v) is 12.8. The largest absolute Gasteiger partial charge is 0.385 e. The lowest BCUT2D eigenvalue weighted by molar-refractivity contribution is -0.384. The van der Waals surface area contributed by atoms with Gasteiger partial charge in [-0.05, 0) is 38.7 Å². The van der Waals surface area contributed by atoms with Gasteiger partial charge in [0.1, 0.15) is 0 Å². The standard InChI is InChI=1S/C15H25N3O2/c1-5-16-13-8-14(10-15(9-13)18(19)20)17-12(4)7-6-11(2)3/h8-12,16-17H,5-7H2,1-4H3. The summed E-state index contributed by atoms with van der Waals surface area (Å²) in [6.07, 6.45) is 2.19. The Balaban J connectivity index is 2.79. The molecular weight excluding hydrogens is 254 g/mol. The Bertz CT molecular complexity index is 447. The zero-order chi connectivity index (χ0) is 15.1. The Morgan fingerprint density at radius 2 is 1.80 bits per heavy atom. The van der Waals surface area contributed by atoms with Gasteiger partial charge in [0, 0.05) is 36.1 Å². The minimum atomic E-state index is -0.356. The van der Waals surface area contributed by atoms with E-state index in [4.69, 9.17) is 0 Å². The smallest absolute Gasteiger partial charge is 0.273 e. The SMILES string of the molecule is CCNc1cc(NC(C)CCC(C)C)cc([N+](=O)[O-])c1. The van der Waals surface area contributed by atoms with Crippen LogP contribution in [-0.4, -0.2) is 17.5 Å². The Kier molecular flexibility index (Phi) is 6.28. The van der Waals surface area contributed by atoms with Gasteiger partial charge in [0.2, 0.25) is 0 Å². The number of nitrogens with one attached hydrogen (secondary N) is 2. The molecule has 0 spiro atoms. The van der Waals surface area contributed by atoms with Gasteiger partial charge in [-0.1, -0.05) is 13.8 Å². The molecule has 1 rings (SSSR count). The summed E-state index contributed by atoms with van der Waals surface area (Å²) in [5.74, 6) is 0.668. The van der Waals surface area contributed by atoms with Crippen LogP contribution in [0, 0.1) is 16.0 Å². The van der Waals surface area contributed by atoms with E-state index in [0.717, 1.165) is 30.8 Å². The van der Waals surface area contributed by atoms with Crippen LogP contribution in [0.5, 0.6) is 0 Å². The number of nitro groups is 1. The molecule has 0 aliphatic heterocycles. The normalized spacial score (nSPS) is 12.2. The van der Waals surface area contributed by atoms with Crippen LogP contribution >= 0.6 is 0 Å². The van der Waals surface area contributed by atoms with Crippen molar-refractivity contribution < 1.29 is 4.92 Å². The zero-order valence-electron chi connectivity index (χ0n) is 12.8. The van der Waals surface area contributed by atoms with Gasteiger partial charge in [-0.3, -0.25) is 10.1 Å². The van der Waals surface area contributed by atoms with Crippen LogP contribution in [0.4, 0.5) is 17.1 Å². The number of rotatable bonds is 8. The molecular formula is C15H25N3O2. The minimum Gasteiger partial charge on any atom is -0.385 e. The van der Waals surface area contributed by atoms with Crippen molar-refractivity contribution in [3.63, 3.8) is 0 Å². The molecule has 0 aliphatic carbocycles. The minimum absolute atomic E-state index is 0.113. The van der Waals surface area contributed by atoms with Gasteiger partial charge < -0.3 is 10.6 Å². The third-order valence-electron chi connectivity index (χ3n) is 3.10. The first-order chi connectivity index (χ1) is 9.42. The summed E-state index contributed by atoms with van der Waals surface area (Å²) in [5, 5.41) is 17.4. The Hall–Kier alpha value is -1.78. The molecule has 5 nitrogen and oxygen atoms in total. The second kappa shape index (κ2) is 7.72. The Labute approximate surface area is 120 Å². The van der Waals surface area contributed by atoms with Crippen LogP contribution < -0.4 is 10.6 Å². The lowest BCUT2D eigenvalue weighted by atomic mass is 10.0. The summed E-state index contributed by atoms with van der Waals surface area (Å²) in [5.41, 5.74) is 1.69. The number of nitro benzene ring substituents is 1. The number of non-ortho nitro benzene ring substituents is 1. The van der Waals surface area contributed by atoms with Gasteiger partial charge in [0.05, 0.1) is 4.92 Å². The number of nitrogens with zero attached hydrogens (tertiary/aromatic N) is 1. The number of hydrogen-bond acceptors (Lipinski definition) is 4. The summed E-state index contributed by atoms with van der Waals surface area (Å²) in [6, 6.07) is 5.37. The van der Waals surface area contributed by atoms with E-state index in [1.165, 1.54) is 0 Å². The topological polar surface area (TPSA) is 67.2 Å². The summed E-state index contributed by atoms with van der Waals surface area (Å²) in [4.78, 5) is 10.6. The van der Waals surface area contributed by atoms with Crippen LogP contribution in [-0.2, 0) is 0 Å². The third kappa shape index (κ3) is 5.47. The van der Waals surface area contributed by atoms with Crippen molar-refractivity contribution in [2.45, 2.75) is 46.6 Å². The highest BCUT2D eigenvalue weighted by Crippen LogP contribution is 2.25. The van der Waals surface area contributed by atoms with E-state index in [1.54, 1.807) is 12.1 Å². The first-order valence-electron chi connectivity index (χ1n) is 7.22. The molecule has 112 valence electrons. The molecule has 0 heterocycles. The lowest BCUT2D eigenvalue weighted by Gasteiger charge is -2.17. The third-order valence-corrected chi connectivity index (χ3v) is 3.10. The van der Waals surface area contributed by atoms with Crippen molar-refractivity contribution in [1.29, 1.82) is 0 Å². The molecule has 1 atom stereocenters. The van der Waals surface area contributed by atoms with Crippen molar-refractivity contribution >= 4 is 17.1 Å². The first-order valence-corrected chi connectivity index (χ1v) is 7.22. The van der Waals surface area contributed by atoms with Gasteiger partial charge in [0.25, 0.3) is 5.69 Å². The summed E-state index contributed by atoms with van der Waals surface area (Å²) in [6.45, 7) is 9.21. The van der Waals surface area contributed by atoms with Crippen molar-refractivity contribution in [3.8, 4) is 0 Å². The molecule has 0 saturated carbocycles. The Morgan fingerprint density at radius 3 is 2.35 bits per heavy atom. The van der Waals surface area contributed by atoms with E-state index in [1.807, 2.05) is 13.0 Å². The van der Waals surface area contributed by atoms with E-state index in [2.05, 4.69) is 31.4 Å². The molecule has 0 saturated heterocycles. The van der Waals surface area contributed by atoms with E-state index in [-0.39, 0.29) is 10.6 Å². The molecule has 0 aliphatic rings. The number of benzene rings is 1. The second-order valence-electron chi connectivity index (χ2n) is 5.57. The van der Waals surface area contributed by atoms with E-state index < -0.39 is 0 Å². The molecule has 1 aromatic rings. The monoisotopic (exact) mass is 279 g/mol. The van der Waals surface area contributed by atoms with Crippen molar-refractivity contribution in [3.05, 3.63) is 28.3 Å². The Morgan fingerprint density at radius 1 is 1.15 bits per heavy atom. The van der Waals surface area contributed by atoms with Gasteiger partial charge in [-0.2, -0.15) is 0 Å². The summed E-state index contributed by atoms with van der Waals surface area (Å²) in [7, 11) is 0. The van der Waals surface area contributed by atoms with E-state index in [0.29, 0.717) is 12.0 Å². The maximum Gasteiger partial charge on any atom is 0.273 e. The highest BCUT2D eigenvalue weighted by atomic mass is 16.6. The fraction of sp³-hybridized carbons (Fsp3) is 0.600. The van der Waals surface area contributed by atoms with E-state index >= 15 is 0 Å². The van der Waals surface area contributed by atoms with Crippen molar-refractivity contribution in [2.75, 3.05) is 17.2 Å². The van der Waals surface area contributed by atoms with Crippen LogP contribution in [0.15, 0.2) is 18.2 Å². The summed E-state index contributed by atoms with van der Waals surface area (Å²) >= 11 is 0. The van der Waals surface area contributed by atoms with Gasteiger partial charge in [-0.15, -0.1) is 0 Å². The molecule has 0 radical (unpaired) electrons. The molecule has 20 heavy (non-hydrogen) atoms. The van der Waals surface area contributed by atoms with Crippen LogP contribution in [0.1, 0.15) is 40.5 Å². The fourth-order valence-electron chi connectivity index (χ4n) is 2.05. The molecule has 1 aromatic carbocycles. The van der Waals surface area contributed by atoms with Crippen molar-refractivity contribution in [1.82, 2.24) is 0 Å². The molecule has 5 heteroatoms. The predicted molar refractivity (Wildman–Crippen MR) is 84.4 cm³/mol. The molecule has 0 amide bonds. The highest BCUT2D eigenvalue weighted by Gasteiger charge is 2.11. The molecule has 0 fully saturated rings. The number of hydrogen-bond donors (Lipinski definition) is 2. The second-order valence-corrected chi connectivity index (χ2v) is 5.57. The molecule has 0 bridgehead atoms. The predicted octanol–water partition coefficient (Wildman–Crippen LogP) is 4.26. The maximum absolute atomic E-state index is 11.0. The average Bonchev–Trinajstić information content (AvgIpc) is 2.36. The lowest BCUT2D eigenvalue weighted by Crippen LogP contribution is -2.16. The number of anilines is 2. The van der Waals surface area contributed by atoms with Gasteiger partial charge in [-0.25, -0.2) is 0 Å². The average molecular weight is 279 g/mol. The maximum atomic E-state index is 11.0. The van der Waals surface area contributed by atoms with Crippen molar-refractivity contribution in [2.24, 2.45) is 5.92 Å². The van der Waals surface area contributed by atoms with Gasteiger partial charge >= 0.3 is 0 Å². The molecule has 0 aromatic heterocycles. The molecule has 1 unspecified atom stereocenters. The first kappa shape index (κ1) is 16.3. The van der Waals surface area contributed by atoms with Crippen LogP contribution in [0.3, 0.4) is 0 Å². The van der Waals surface area contributed by atoms with E-state index in [9.17, 15) is 10.1 Å². The van der Waals surface area contributed by atoms with Gasteiger partial charge in [0.15, 0.2) is 0 Å².